The molecule has 0 bridgehead atoms. The fraction of sp³-hybridized carbons (Fsp3) is 0.867. The predicted molar refractivity (Wildman–Crippen MR) is 80.5 cm³/mol. The summed E-state index contributed by atoms with van der Waals surface area (Å²) in [5.74, 6) is 0.413. The largest absolute Gasteiger partial charge is 0.341 e. The summed E-state index contributed by atoms with van der Waals surface area (Å²) in [6.45, 7) is 9.60. The lowest BCUT2D eigenvalue weighted by Crippen LogP contribution is -2.53. The van der Waals surface area contributed by atoms with Crippen LogP contribution in [0.1, 0.15) is 53.4 Å². The number of carbonyl (C=O) groups is 2. The van der Waals surface area contributed by atoms with Crippen molar-refractivity contribution < 1.29 is 9.59 Å². The Labute approximate surface area is 122 Å². The van der Waals surface area contributed by atoms with Gasteiger partial charge in [-0.1, -0.05) is 20.8 Å². The second kappa shape index (κ2) is 8.12. The van der Waals surface area contributed by atoms with Gasteiger partial charge < -0.3 is 15.5 Å². The van der Waals surface area contributed by atoms with Crippen LogP contribution in [-0.4, -0.2) is 42.0 Å². The molecule has 0 aromatic carbocycles. The molecule has 0 unspecified atom stereocenters. The van der Waals surface area contributed by atoms with Crippen molar-refractivity contribution >= 4 is 11.9 Å². The summed E-state index contributed by atoms with van der Waals surface area (Å²) in [7, 11) is 0. The molecule has 20 heavy (non-hydrogen) atoms. The minimum atomic E-state index is -0.460. The van der Waals surface area contributed by atoms with Crippen molar-refractivity contribution in [2.75, 3.05) is 13.1 Å². The number of urea groups is 1. The van der Waals surface area contributed by atoms with Crippen molar-refractivity contribution in [2.45, 2.75) is 65.5 Å². The maximum atomic E-state index is 12.2. The zero-order valence-corrected chi connectivity index (χ0v) is 13.2. The van der Waals surface area contributed by atoms with Gasteiger partial charge in [-0.15, -0.1) is 0 Å². The Morgan fingerprint density at radius 1 is 1.05 bits per heavy atom. The van der Waals surface area contributed by atoms with Crippen LogP contribution >= 0.6 is 0 Å². The molecule has 2 atom stereocenters. The van der Waals surface area contributed by atoms with Crippen molar-refractivity contribution in [1.29, 1.82) is 0 Å². The first-order valence-electron chi connectivity index (χ1n) is 7.81. The average molecular weight is 283 g/mol. The lowest BCUT2D eigenvalue weighted by Gasteiger charge is -2.30. The van der Waals surface area contributed by atoms with Crippen LogP contribution in [0.5, 0.6) is 0 Å². The summed E-state index contributed by atoms with van der Waals surface area (Å²) in [4.78, 5) is 26.0. The fourth-order valence-electron chi connectivity index (χ4n) is 2.60. The van der Waals surface area contributed by atoms with Crippen LogP contribution in [0, 0.1) is 5.92 Å². The smallest absolute Gasteiger partial charge is 0.315 e. The molecule has 0 aromatic heterocycles. The van der Waals surface area contributed by atoms with Crippen LogP contribution in [0.15, 0.2) is 0 Å². The van der Waals surface area contributed by atoms with Crippen LogP contribution in [0.25, 0.3) is 0 Å². The molecule has 0 aromatic rings. The number of amides is 3. The van der Waals surface area contributed by atoms with Gasteiger partial charge in [-0.25, -0.2) is 4.79 Å². The van der Waals surface area contributed by atoms with Crippen LogP contribution in [0.4, 0.5) is 4.79 Å². The molecule has 1 heterocycles. The third-order valence-electron chi connectivity index (χ3n) is 3.95. The number of carbonyl (C=O) groups excluding carboxylic acids is 2. The van der Waals surface area contributed by atoms with Gasteiger partial charge in [-0.3, -0.25) is 4.79 Å². The van der Waals surface area contributed by atoms with Crippen LogP contribution < -0.4 is 10.6 Å². The van der Waals surface area contributed by atoms with Gasteiger partial charge in [-0.2, -0.15) is 0 Å². The highest BCUT2D eigenvalue weighted by molar-refractivity contribution is 5.86. The predicted octanol–water partition coefficient (Wildman–Crippen LogP) is 2.12. The quantitative estimate of drug-likeness (QED) is 0.812. The summed E-state index contributed by atoms with van der Waals surface area (Å²) in [6.07, 6.45) is 4.21. The topological polar surface area (TPSA) is 61.4 Å². The maximum Gasteiger partial charge on any atom is 0.315 e. The maximum absolute atomic E-state index is 12.2. The molecule has 5 nitrogen and oxygen atoms in total. The minimum absolute atomic E-state index is 0.0254. The zero-order valence-electron chi connectivity index (χ0n) is 13.2. The normalized spacial score (nSPS) is 18.6. The van der Waals surface area contributed by atoms with Crippen molar-refractivity contribution in [1.82, 2.24) is 15.5 Å². The number of nitrogens with one attached hydrogen (secondary N) is 2. The van der Waals surface area contributed by atoms with Gasteiger partial charge in [0.1, 0.15) is 6.04 Å². The van der Waals surface area contributed by atoms with Crippen molar-refractivity contribution in [3.05, 3.63) is 0 Å². The van der Waals surface area contributed by atoms with E-state index >= 15 is 0 Å². The molecule has 0 spiro atoms. The van der Waals surface area contributed by atoms with E-state index in [9.17, 15) is 9.59 Å². The van der Waals surface area contributed by atoms with Gasteiger partial charge in [0.25, 0.3) is 0 Å². The number of rotatable bonds is 5. The Kier molecular flexibility index (Phi) is 6.82. The van der Waals surface area contributed by atoms with Gasteiger partial charge >= 0.3 is 6.03 Å². The summed E-state index contributed by atoms with van der Waals surface area (Å²) in [5, 5.41) is 5.69. The van der Waals surface area contributed by atoms with E-state index in [0.29, 0.717) is 5.92 Å². The third-order valence-corrected chi connectivity index (χ3v) is 3.95. The summed E-state index contributed by atoms with van der Waals surface area (Å²) >= 11 is 0. The van der Waals surface area contributed by atoms with Gasteiger partial charge in [0.15, 0.2) is 0 Å². The van der Waals surface area contributed by atoms with Crippen molar-refractivity contribution in [2.24, 2.45) is 5.92 Å². The number of hydrogen-bond donors (Lipinski definition) is 2. The molecular weight excluding hydrogens is 254 g/mol. The third kappa shape index (κ3) is 5.02. The van der Waals surface area contributed by atoms with Crippen molar-refractivity contribution in [3.63, 3.8) is 0 Å². The van der Waals surface area contributed by atoms with Gasteiger partial charge in [0, 0.05) is 19.1 Å². The first-order valence-corrected chi connectivity index (χ1v) is 7.81. The van der Waals surface area contributed by atoms with E-state index in [1.54, 1.807) is 6.92 Å². The van der Waals surface area contributed by atoms with E-state index in [0.717, 1.165) is 32.4 Å². The Bertz CT molecular complexity index is 325. The molecular formula is C15H29N3O2. The highest BCUT2D eigenvalue weighted by Crippen LogP contribution is 2.10. The number of hydrogen-bond acceptors (Lipinski definition) is 2. The van der Waals surface area contributed by atoms with Gasteiger partial charge in [-0.05, 0) is 38.5 Å². The fourth-order valence-corrected chi connectivity index (χ4v) is 2.60. The molecule has 2 N–H and O–H groups in total. The molecule has 1 saturated heterocycles. The molecule has 0 radical (unpaired) electrons. The van der Waals surface area contributed by atoms with Crippen LogP contribution in [-0.2, 0) is 4.79 Å². The standard InChI is InChI=1S/C15H29N3O2/c1-5-13(11(2)3)17-15(20)16-12(4)14(19)18-9-7-6-8-10-18/h11-13H,5-10H2,1-4H3,(H2,16,17,20)/t12-,13+/m1/s1. The highest BCUT2D eigenvalue weighted by Gasteiger charge is 2.24. The second-order valence-corrected chi connectivity index (χ2v) is 5.98. The monoisotopic (exact) mass is 283 g/mol. The molecule has 0 aliphatic carbocycles. The van der Waals surface area contributed by atoms with E-state index < -0.39 is 6.04 Å². The highest BCUT2D eigenvalue weighted by atomic mass is 16.2. The summed E-state index contributed by atoms with van der Waals surface area (Å²) < 4.78 is 0. The van der Waals surface area contributed by atoms with E-state index in [-0.39, 0.29) is 18.0 Å². The first-order chi connectivity index (χ1) is 9.45. The lowest BCUT2D eigenvalue weighted by atomic mass is 10.0. The molecule has 1 fully saturated rings. The van der Waals surface area contributed by atoms with Gasteiger partial charge in [0.05, 0.1) is 0 Å². The Balaban J connectivity index is 2.41. The van der Waals surface area contributed by atoms with Crippen LogP contribution in [0.3, 0.4) is 0 Å². The zero-order chi connectivity index (χ0) is 15.1. The molecule has 1 aliphatic heterocycles. The number of likely N-dealkylation sites (tertiary alicyclic amines) is 1. The first kappa shape index (κ1) is 16.8. The SMILES string of the molecule is CC[C@H](NC(=O)N[C@H](C)C(=O)N1CCCCC1)C(C)C. The second-order valence-electron chi connectivity index (χ2n) is 5.98. The minimum Gasteiger partial charge on any atom is -0.341 e. The Morgan fingerprint density at radius 2 is 1.65 bits per heavy atom. The molecule has 1 rings (SSSR count). The molecule has 1 aliphatic rings. The van der Waals surface area contributed by atoms with E-state index in [4.69, 9.17) is 0 Å². The molecule has 116 valence electrons. The van der Waals surface area contributed by atoms with Gasteiger partial charge in [0.2, 0.25) is 5.91 Å². The van der Waals surface area contributed by atoms with Crippen molar-refractivity contribution in [3.8, 4) is 0 Å². The Morgan fingerprint density at radius 3 is 2.15 bits per heavy atom. The molecule has 3 amide bonds. The summed E-state index contributed by atoms with van der Waals surface area (Å²) in [6, 6.07) is -0.562. The van der Waals surface area contributed by atoms with Crippen LogP contribution in [0.2, 0.25) is 0 Å². The van der Waals surface area contributed by atoms with E-state index in [1.807, 2.05) is 11.8 Å². The van der Waals surface area contributed by atoms with E-state index in [2.05, 4.69) is 24.5 Å². The Hall–Kier alpha value is -1.26. The average Bonchev–Trinajstić information content (AvgIpc) is 2.44. The molecule has 0 saturated carbocycles. The molecule has 5 heteroatoms. The number of nitrogens with zero attached hydrogens (tertiary/aromatic N) is 1. The summed E-state index contributed by atoms with van der Waals surface area (Å²) in [5.41, 5.74) is 0. The van der Waals surface area contributed by atoms with E-state index in [1.165, 1.54) is 6.42 Å². The lowest BCUT2D eigenvalue weighted by molar-refractivity contribution is -0.133. The number of piperidine rings is 1.